The number of alkyl halides is 1. The molecule has 0 aliphatic carbocycles. The molecule has 142 valence electrons. The van der Waals surface area contributed by atoms with Gasteiger partial charge in [0, 0.05) is 12.3 Å². The van der Waals surface area contributed by atoms with E-state index in [1.807, 2.05) is 0 Å². The number of carbonyl (C=O) groups excluding carboxylic acids is 1. The van der Waals surface area contributed by atoms with Crippen LogP contribution in [0.25, 0.3) is 0 Å². The second-order valence-electron chi connectivity index (χ2n) is 6.60. The molecule has 0 bridgehead atoms. The zero-order valence-electron chi connectivity index (χ0n) is 15.9. The predicted molar refractivity (Wildman–Crippen MR) is 106 cm³/mol. The van der Waals surface area contributed by atoms with Crippen LogP contribution in [0.3, 0.4) is 0 Å². The summed E-state index contributed by atoms with van der Waals surface area (Å²) in [5.74, 6) is 0.485. The molecule has 0 aliphatic heterocycles. The van der Waals surface area contributed by atoms with Gasteiger partial charge in [-0.05, 0) is 38.5 Å². The lowest BCUT2D eigenvalue weighted by Crippen LogP contribution is -2.05. The molecule has 0 radical (unpaired) electrons. The van der Waals surface area contributed by atoms with Gasteiger partial charge in [0.25, 0.3) is 0 Å². The normalized spacial score (nSPS) is 11.2. The van der Waals surface area contributed by atoms with Gasteiger partial charge in [-0.1, -0.05) is 70.4 Å². The van der Waals surface area contributed by atoms with Crippen LogP contribution in [-0.4, -0.2) is 18.5 Å². The molecule has 0 unspecified atom stereocenters. The summed E-state index contributed by atoms with van der Waals surface area (Å²) in [6.07, 6.45) is 22.6. The molecule has 0 saturated carbocycles. The quantitative estimate of drug-likeness (QED) is 0.112. The minimum Gasteiger partial charge on any atom is -0.466 e. The van der Waals surface area contributed by atoms with Gasteiger partial charge in [0.1, 0.15) is 0 Å². The van der Waals surface area contributed by atoms with E-state index in [1.54, 1.807) is 0 Å². The van der Waals surface area contributed by atoms with Crippen molar-refractivity contribution in [1.29, 1.82) is 0 Å². The van der Waals surface area contributed by atoms with Gasteiger partial charge in [0.05, 0.1) is 6.61 Å². The van der Waals surface area contributed by atoms with E-state index >= 15 is 0 Å². The van der Waals surface area contributed by atoms with Crippen molar-refractivity contribution >= 4 is 17.6 Å². The first-order valence-electron chi connectivity index (χ1n) is 10.2. The summed E-state index contributed by atoms with van der Waals surface area (Å²) >= 11 is 5.53. The molecule has 0 aliphatic rings. The lowest BCUT2D eigenvalue weighted by molar-refractivity contribution is -0.143. The first-order valence-corrected chi connectivity index (χ1v) is 10.7. The van der Waals surface area contributed by atoms with Crippen LogP contribution >= 0.6 is 11.6 Å². The molecule has 0 atom stereocenters. The molecule has 0 heterocycles. The molecule has 0 aromatic rings. The van der Waals surface area contributed by atoms with E-state index in [2.05, 4.69) is 19.1 Å². The molecular formula is C21H39ClO2. The third-order valence-corrected chi connectivity index (χ3v) is 4.45. The molecule has 3 heteroatoms. The van der Waals surface area contributed by atoms with E-state index in [0.29, 0.717) is 18.9 Å². The van der Waals surface area contributed by atoms with Crippen LogP contribution in [0.1, 0.15) is 103 Å². The van der Waals surface area contributed by atoms with Crippen LogP contribution in [0.15, 0.2) is 12.2 Å². The molecule has 0 N–H and O–H groups in total. The van der Waals surface area contributed by atoms with Gasteiger partial charge in [-0.3, -0.25) is 4.79 Å². The lowest BCUT2D eigenvalue weighted by Gasteiger charge is -2.03. The molecule has 0 amide bonds. The largest absolute Gasteiger partial charge is 0.466 e. The highest BCUT2D eigenvalue weighted by Crippen LogP contribution is 2.10. The van der Waals surface area contributed by atoms with E-state index in [9.17, 15) is 4.79 Å². The first kappa shape index (κ1) is 23.5. The average molecular weight is 359 g/mol. The second-order valence-corrected chi connectivity index (χ2v) is 6.98. The zero-order valence-corrected chi connectivity index (χ0v) is 16.6. The number of allylic oxidation sites excluding steroid dienone is 2. The van der Waals surface area contributed by atoms with E-state index in [-0.39, 0.29) is 5.97 Å². The predicted octanol–water partition coefficient (Wildman–Crippen LogP) is 7.20. The molecule has 24 heavy (non-hydrogen) atoms. The molecule has 0 rings (SSSR count). The summed E-state index contributed by atoms with van der Waals surface area (Å²) in [7, 11) is 0. The van der Waals surface area contributed by atoms with E-state index in [1.165, 1.54) is 70.6 Å². The second kappa shape index (κ2) is 20.5. The van der Waals surface area contributed by atoms with E-state index < -0.39 is 0 Å². The van der Waals surface area contributed by atoms with Crippen molar-refractivity contribution in [2.45, 2.75) is 103 Å². The number of hydrogen-bond donors (Lipinski definition) is 0. The Morgan fingerprint density at radius 3 is 1.92 bits per heavy atom. The van der Waals surface area contributed by atoms with Crippen LogP contribution in [0.4, 0.5) is 0 Å². The van der Waals surface area contributed by atoms with Crippen molar-refractivity contribution in [1.82, 2.24) is 0 Å². The average Bonchev–Trinajstić information content (AvgIpc) is 2.58. The molecule has 2 nitrogen and oxygen atoms in total. The van der Waals surface area contributed by atoms with E-state index in [4.69, 9.17) is 16.3 Å². The summed E-state index contributed by atoms with van der Waals surface area (Å²) in [4.78, 5) is 11.4. The molecule has 0 aromatic carbocycles. The lowest BCUT2D eigenvalue weighted by atomic mass is 10.1. The van der Waals surface area contributed by atoms with Crippen molar-refractivity contribution < 1.29 is 9.53 Å². The van der Waals surface area contributed by atoms with Crippen LogP contribution in [0.5, 0.6) is 0 Å². The van der Waals surface area contributed by atoms with Gasteiger partial charge in [-0.25, -0.2) is 0 Å². The van der Waals surface area contributed by atoms with Crippen molar-refractivity contribution in [3.63, 3.8) is 0 Å². The van der Waals surface area contributed by atoms with Crippen LogP contribution in [0.2, 0.25) is 0 Å². The molecule has 0 fully saturated rings. The summed E-state index contributed by atoms with van der Waals surface area (Å²) in [5, 5.41) is 0. The minimum atomic E-state index is -0.0715. The van der Waals surface area contributed by atoms with Crippen LogP contribution in [-0.2, 0) is 9.53 Å². The number of esters is 1. The molecular weight excluding hydrogens is 320 g/mol. The Labute approximate surface area is 155 Å². The van der Waals surface area contributed by atoms with Gasteiger partial charge in [0.2, 0.25) is 0 Å². The number of halogens is 1. The molecule has 0 saturated heterocycles. The van der Waals surface area contributed by atoms with Crippen molar-refractivity contribution in [3.8, 4) is 0 Å². The Hall–Kier alpha value is -0.500. The molecule has 0 aromatic heterocycles. The van der Waals surface area contributed by atoms with E-state index in [0.717, 1.165) is 19.3 Å². The van der Waals surface area contributed by atoms with Crippen LogP contribution < -0.4 is 0 Å². The standard InChI is InChI=1S/C21H39ClO2/c1-2-3-4-5-6-7-8-9-10-11-12-13-14-15-16-18-21(23)24-20-17-19-22/h9-10H,2-8,11-20H2,1H3/b10-9-. The maximum absolute atomic E-state index is 11.4. The number of carbonyl (C=O) groups is 1. The van der Waals surface area contributed by atoms with Crippen LogP contribution in [0, 0.1) is 0 Å². The Balaban J connectivity index is 3.16. The summed E-state index contributed by atoms with van der Waals surface area (Å²) in [6.45, 7) is 2.73. The van der Waals surface area contributed by atoms with Gasteiger partial charge in [0.15, 0.2) is 0 Å². The fraction of sp³-hybridized carbons (Fsp3) is 0.857. The van der Waals surface area contributed by atoms with Crippen molar-refractivity contribution in [3.05, 3.63) is 12.2 Å². The van der Waals surface area contributed by atoms with Gasteiger partial charge in [-0.15, -0.1) is 11.6 Å². The number of unbranched alkanes of at least 4 members (excludes halogenated alkanes) is 11. The third kappa shape index (κ3) is 19.5. The highest BCUT2D eigenvalue weighted by molar-refractivity contribution is 6.17. The zero-order chi connectivity index (χ0) is 17.7. The fourth-order valence-corrected chi connectivity index (χ4v) is 2.76. The van der Waals surface area contributed by atoms with Gasteiger partial charge < -0.3 is 4.74 Å². The van der Waals surface area contributed by atoms with Gasteiger partial charge >= 0.3 is 5.97 Å². The maximum atomic E-state index is 11.4. The summed E-state index contributed by atoms with van der Waals surface area (Å²) in [6, 6.07) is 0. The Bertz CT molecular complexity index is 290. The monoisotopic (exact) mass is 358 g/mol. The highest BCUT2D eigenvalue weighted by atomic mass is 35.5. The minimum absolute atomic E-state index is 0.0715. The van der Waals surface area contributed by atoms with Gasteiger partial charge in [-0.2, -0.15) is 0 Å². The van der Waals surface area contributed by atoms with Crippen molar-refractivity contribution in [2.24, 2.45) is 0 Å². The molecule has 0 spiro atoms. The summed E-state index contributed by atoms with van der Waals surface area (Å²) in [5.41, 5.74) is 0. The number of rotatable bonds is 18. The Kier molecular flexibility index (Phi) is 20.1. The Morgan fingerprint density at radius 1 is 0.792 bits per heavy atom. The Morgan fingerprint density at radius 2 is 1.33 bits per heavy atom. The highest BCUT2D eigenvalue weighted by Gasteiger charge is 2.01. The fourth-order valence-electron chi connectivity index (χ4n) is 2.65. The third-order valence-electron chi connectivity index (χ3n) is 4.18. The van der Waals surface area contributed by atoms with Crippen molar-refractivity contribution in [2.75, 3.05) is 12.5 Å². The topological polar surface area (TPSA) is 26.3 Å². The number of hydrogen-bond acceptors (Lipinski definition) is 2. The smallest absolute Gasteiger partial charge is 0.305 e. The first-order chi connectivity index (χ1) is 11.8. The maximum Gasteiger partial charge on any atom is 0.305 e. The summed E-state index contributed by atoms with van der Waals surface area (Å²) < 4.78 is 5.07. The number of ether oxygens (including phenoxy) is 1. The SMILES string of the molecule is CCCCCCCC/C=C\CCCCCCCC(=O)OCCCCl.